The molecule has 6 aromatic carbocycles. The molecule has 4 heteroatoms. The van der Waals surface area contributed by atoms with Crippen LogP contribution < -0.4 is 0 Å². The molecule has 0 unspecified atom stereocenters. The highest BCUT2D eigenvalue weighted by Crippen LogP contribution is 2.38. The van der Waals surface area contributed by atoms with Crippen molar-refractivity contribution in [3.63, 3.8) is 0 Å². The number of oxazole rings is 1. The van der Waals surface area contributed by atoms with Gasteiger partial charge in [-0.1, -0.05) is 72.8 Å². The quantitative estimate of drug-likeness (QED) is 0.230. The third-order valence-electron chi connectivity index (χ3n) is 8.05. The van der Waals surface area contributed by atoms with E-state index in [1.54, 1.807) is 0 Å². The van der Waals surface area contributed by atoms with E-state index in [0.29, 0.717) is 5.89 Å². The first-order valence-corrected chi connectivity index (χ1v) is 13.7. The molecule has 0 spiro atoms. The number of hydrogen-bond acceptors (Lipinski definition) is 3. The van der Waals surface area contributed by atoms with E-state index in [0.717, 1.165) is 55.4 Å². The average Bonchev–Trinajstić information content (AvgIpc) is 3.73. The summed E-state index contributed by atoms with van der Waals surface area (Å²) < 4.78 is 15.0. The molecule has 3 heterocycles. The summed E-state index contributed by atoms with van der Waals surface area (Å²) >= 11 is 0. The molecular weight excluding hydrogens is 504 g/mol. The first kappa shape index (κ1) is 22.2. The van der Waals surface area contributed by atoms with Gasteiger partial charge in [0.2, 0.25) is 5.89 Å². The number of nitrogens with zero attached hydrogens (tertiary/aromatic N) is 2. The fourth-order valence-corrected chi connectivity index (χ4v) is 6.13. The summed E-state index contributed by atoms with van der Waals surface area (Å²) in [6, 6.07) is 46.2. The Labute approximate surface area is 234 Å². The third-order valence-corrected chi connectivity index (χ3v) is 8.05. The smallest absolute Gasteiger partial charge is 0.227 e. The molecule has 0 amide bonds. The van der Waals surface area contributed by atoms with E-state index in [1.165, 1.54) is 21.8 Å². The molecule has 0 bridgehead atoms. The molecule has 4 nitrogen and oxygen atoms in total. The Kier molecular flexibility index (Phi) is 4.58. The van der Waals surface area contributed by atoms with Crippen molar-refractivity contribution in [1.82, 2.24) is 9.55 Å². The first-order valence-electron chi connectivity index (χ1n) is 13.7. The number of hydrogen-bond donors (Lipinski definition) is 0. The Morgan fingerprint density at radius 3 is 1.93 bits per heavy atom. The Morgan fingerprint density at radius 2 is 1.17 bits per heavy atom. The topological polar surface area (TPSA) is 44.1 Å². The van der Waals surface area contributed by atoms with Gasteiger partial charge >= 0.3 is 0 Å². The molecular formula is C37H22N2O2. The van der Waals surface area contributed by atoms with Crippen LogP contribution in [-0.4, -0.2) is 9.55 Å². The molecule has 0 aliphatic heterocycles. The second-order valence-electron chi connectivity index (χ2n) is 10.4. The normalized spacial score (nSPS) is 11.9. The molecule has 0 radical (unpaired) electrons. The fraction of sp³-hybridized carbons (Fsp3) is 0. The number of rotatable bonds is 3. The molecule has 0 N–H and O–H groups in total. The van der Waals surface area contributed by atoms with Crippen LogP contribution in [-0.2, 0) is 0 Å². The van der Waals surface area contributed by atoms with Crippen LogP contribution >= 0.6 is 0 Å². The largest absolute Gasteiger partial charge is 0.456 e. The molecule has 0 fully saturated rings. The number of para-hydroxylation sites is 2. The summed E-state index contributed by atoms with van der Waals surface area (Å²) in [5.41, 5.74) is 9.87. The molecule has 0 aliphatic rings. The minimum Gasteiger partial charge on any atom is -0.456 e. The number of fused-ring (bicyclic) bond motifs is 8. The lowest BCUT2D eigenvalue weighted by Crippen LogP contribution is -1.93. The van der Waals surface area contributed by atoms with Crippen LogP contribution in [0.1, 0.15) is 0 Å². The fourth-order valence-electron chi connectivity index (χ4n) is 6.13. The summed E-state index contributed by atoms with van der Waals surface area (Å²) in [6.45, 7) is 0. The van der Waals surface area contributed by atoms with Gasteiger partial charge in [-0.3, -0.25) is 0 Å². The molecule has 0 aliphatic carbocycles. The Hall–Kier alpha value is -5.61. The SMILES string of the molecule is c1ccc(-c2ccc3c(c2)oc2ccc4nc(-c5ccc(-n6c7ccccc7c7ccccc76)cc5)oc4c23)cc1. The molecule has 0 saturated heterocycles. The molecule has 0 saturated carbocycles. The molecule has 0 atom stereocenters. The van der Waals surface area contributed by atoms with Crippen molar-refractivity contribution in [1.29, 1.82) is 0 Å². The monoisotopic (exact) mass is 526 g/mol. The summed E-state index contributed by atoms with van der Waals surface area (Å²) in [6.07, 6.45) is 0. The second-order valence-corrected chi connectivity index (χ2v) is 10.4. The second kappa shape index (κ2) is 8.44. The predicted octanol–water partition coefficient (Wildman–Crippen LogP) is 10.2. The highest BCUT2D eigenvalue weighted by molar-refractivity contribution is 6.17. The van der Waals surface area contributed by atoms with Crippen molar-refractivity contribution in [3.8, 4) is 28.3 Å². The summed E-state index contributed by atoms with van der Waals surface area (Å²) in [4.78, 5) is 4.86. The maximum absolute atomic E-state index is 6.44. The third kappa shape index (κ3) is 3.31. The van der Waals surface area contributed by atoms with Crippen molar-refractivity contribution in [2.75, 3.05) is 0 Å². The number of benzene rings is 6. The van der Waals surface area contributed by atoms with Gasteiger partial charge in [-0.25, -0.2) is 4.98 Å². The van der Waals surface area contributed by atoms with E-state index in [1.807, 2.05) is 30.3 Å². The lowest BCUT2D eigenvalue weighted by Gasteiger charge is -2.08. The first-order chi connectivity index (χ1) is 20.3. The van der Waals surface area contributed by atoms with Gasteiger partial charge < -0.3 is 13.4 Å². The minimum atomic E-state index is 0.594. The summed E-state index contributed by atoms with van der Waals surface area (Å²) in [5.74, 6) is 0.594. The zero-order chi connectivity index (χ0) is 26.9. The van der Waals surface area contributed by atoms with Gasteiger partial charge in [0.15, 0.2) is 5.58 Å². The van der Waals surface area contributed by atoms with Crippen molar-refractivity contribution < 1.29 is 8.83 Å². The van der Waals surface area contributed by atoms with Crippen molar-refractivity contribution in [2.24, 2.45) is 0 Å². The van der Waals surface area contributed by atoms with Crippen LogP contribution in [0.25, 0.3) is 83.1 Å². The van der Waals surface area contributed by atoms with Gasteiger partial charge in [-0.15, -0.1) is 0 Å². The van der Waals surface area contributed by atoms with E-state index in [-0.39, 0.29) is 0 Å². The Morgan fingerprint density at radius 1 is 0.488 bits per heavy atom. The molecule has 192 valence electrons. The zero-order valence-electron chi connectivity index (χ0n) is 21.9. The maximum atomic E-state index is 6.44. The Bertz CT molecular complexity index is 2350. The van der Waals surface area contributed by atoms with Gasteiger partial charge in [0, 0.05) is 27.4 Å². The van der Waals surface area contributed by atoms with Gasteiger partial charge in [0.25, 0.3) is 0 Å². The number of aromatic nitrogens is 2. The standard InChI is InChI=1S/C37H22N2O2/c1-2-8-23(9-3-1)25-16-19-29-34(22-25)40-33-21-20-30-36(35(29)33)41-37(38-30)24-14-17-26(18-15-24)39-31-12-6-4-10-27(31)28-11-5-7-13-32(28)39/h1-22H. The van der Waals surface area contributed by atoms with Crippen molar-refractivity contribution >= 4 is 54.8 Å². The lowest BCUT2D eigenvalue weighted by atomic mass is 10.0. The molecule has 41 heavy (non-hydrogen) atoms. The minimum absolute atomic E-state index is 0.594. The van der Waals surface area contributed by atoms with E-state index < -0.39 is 0 Å². The van der Waals surface area contributed by atoms with Crippen LogP contribution in [0.4, 0.5) is 0 Å². The van der Waals surface area contributed by atoms with Crippen LogP contribution in [0, 0.1) is 0 Å². The summed E-state index contributed by atoms with van der Waals surface area (Å²) in [5, 5.41) is 4.48. The average molecular weight is 527 g/mol. The molecule has 9 aromatic rings. The van der Waals surface area contributed by atoms with E-state index in [9.17, 15) is 0 Å². The van der Waals surface area contributed by atoms with E-state index >= 15 is 0 Å². The van der Waals surface area contributed by atoms with Crippen LogP contribution in [0.15, 0.2) is 142 Å². The van der Waals surface area contributed by atoms with Gasteiger partial charge in [0.1, 0.15) is 16.7 Å². The predicted molar refractivity (Wildman–Crippen MR) is 166 cm³/mol. The van der Waals surface area contributed by atoms with Gasteiger partial charge in [-0.05, 0) is 71.8 Å². The lowest BCUT2D eigenvalue weighted by molar-refractivity contribution is 0.622. The number of furan rings is 1. The highest BCUT2D eigenvalue weighted by atomic mass is 16.4. The van der Waals surface area contributed by atoms with Gasteiger partial charge in [0.05, 0.1) is 16.4 Å². The van der Waals surface area contributed by atoms with Crippen LogP contribution in [0.5, 0.6) is 0 Å². The van der Waals surface area contributed by atoms with E-state index in [2.05, 4.69) is 108 Å². The molecule has 9 rings (SSSR count). The summed E-state index contributed by atoms with van der Waals surface area (Å²) in [7, 11) is 0. The van der Waals surface area contributed by atoms with Crippen LogP contribution in [0.3, 0.4) is 0 Å². The highest BCUT2D eigenvalue weighted by Gasteiger charge is 2.18. The van der Waals surface area contributed by atoms with Crippen LogP contribution in [0.2, 0.25) is 0 Å². The Balaban J connectivity index is 1.15. The van der Waals surface area contributed by atoms with Gasteiger partial charge in [-0.2, -0.15) is 0 Å². The maximum Gasteiger partial charge on any atom is 0.227 e. The molecule has 3 aromatic heterocycles. The zero-order valence-corrected chi connectivity index (χ0v) is 21.9. The van der Waals surface area contributed by atoms with Crippen molar-refractivity contribution in [3.05, 3.63) is 133 Å². The van der Waals surface area contributed by atoms with Crippen molar-refractivity contribution in [2.45, 2.75) is 0 Å². The van der Waals surface area contributed by atoms with E-state index in [4.69, 9.17) is 13.8 Å².